The molecule has 37 heavy (non-hydrogen) atoms. The zero-order valence-electron chi connectivity index (χ0n) is 20.5. The van der Waals surface area contributed by atoms with Crippen molar-refractivity contribution < 1.29 is 22.3 Å². The van der Waals surface area contributed by atoms with Gasteiger partial charge >= 0.3 is 0 Å². The monoisotopic (exact) mass is 523 g/mol. The zero-order chi connectivity index (χ0) is 25.8. The van der Waals surface area contributed by atoms with Crippen LogP contribution in [0.25, 0.3) is 11.1 Å². The third-order valence-electron chi connectivity index (χ3n) is 6.90. The summed E-state index contributed by atoms with van der Waals surface area (Å²) in [5.41, 5.74) is 4.22. The van der Waals surface area contributed by atoms with Crippen LogP contribution in [-0.2, 0) is 26.1 Å². The minimum absolute atomic E-state index is 0.0130. The molecule has 0 aliphatic carbocycles. The van der Waals surface area contributed by atoms with Gasteiger partial charge in [0.15, 0.2) is 0 Å². The Balaban J connectivity index is 1.23. The van der Waals surface area contributed by atoms with Crippen LogP contribution in [-0.4, -0.2) is 57.5 Å². The summed E-state index contributed by atoms with van der Waals surface area (Å²) in [6, 6.07) is 20.3. The largest absolute Gasteiger partial charge is 0.378 e. The van der Waals surface area contributed by atoms with E-state index >= 15 is 0 Å². The summed E-state index contributed by atoms with van der Waals surface area (Å²) < 4.78 is 46.1. The molecular formula is C28H30FN3O4S. The highest BCUT2D eigenvalue weighted by Gasteiger charge is 2.39. The second-order valence-electron chi connectivity index (χ2n) is 9.29. The minimum atomic E-state index is -3.89. The van der Waals surface area contributed by atoms with Crippen molar-refractivity contribution in [3.05, 3.63) is 84.2 Å². The molecule has 1 atom stereocenters. The molecule has 0 radical (unpaired) electrons. The van der Waals surface area contributed by atoms with Gasteiger partial charge in [-0.1, -0.05) is 30.3 Å². The maximum atomic E-state index is 13.3. The van der Waals surface area contributed by atoms with E-state index in [1.165, 1.54) is 22.1 Å². The molecule has 2 fully saturated rings. The highest BCUT2D eigenvalue weighted by Crippen LogP contribution is 2.27. The number of benzene rings is 3. The van der Waals surface area contributed by atoms with Crippen molar-refractivity contribution in [3.63, 3.8) is 0 Å². The summed E-state index contributed by atoms with van der Waals surface area (Å²) in [5, 5.41) is 2.91. The van der Waals surface area contributed by atoms with E-state index in [1.807, 2.05) is 24.3 Å². The second-order valence-corrected chi connectivity index (χ2v) is 11.2. The SMILES string of the molecule is O=C(NCc1cccc(-c2ccc(N3CCOCC3)cc2)c1)C1CCCN1S(=O)(=O)c1ccc(F)cc1. The Morgan fingerprint density at radius 3 is 2.41 bits per heavy atom. The van der Waals surface area contributed by atoms with Gasteiger partial charge in [-0.05, 0) is 72.0 Å². The molecule has 1 amide bonds. The third-order valence-corrected chi connectivity index (χ3v) is 8.82. The molecule has 7 nitrogen and oxygen atoms in total. The molecule has 0 saturated carbocycles. The summed E-state index contributed by atoms with van der Waals surface area (Å²) in [7, 11) is -3.89. The molecule has 2 aliphatic heterocycles. The molecule has 3 aromatic rings. The molecule has 2 saturated heterocycles. The number of sulfonamides is 1. The molecule has 1 N–H and O–H groups in total. The number of nitrogens with zero attached hydrogens (tertiary/aromatic N) is 2. The smallest absolute Gasteiger partial charge is 0.243 e. The Bertz CT molecular complexity index is 1340. The number of rotatable bonds is 7. The maximum absolute atomic E-state index is 13.3. The van der Waals surface area contributed by atoms with Crippen molar-refractivity contribution in [3.8, 4) is 11.1 Å². The number of ether oxygens (including phenoxy) is 1. The van der Waals surface area contributed by atoms with Gasteiger partial charge in [-0.3, -0.25) is 4.79 Å². The fourth-order valence-electron chi connectivity index (χ4n) is 4.89. The molecule has 2 heterocycles. The molecule has 1 unspecified atom stereocenters. The highest BCUT2D eigenvalue weighted by atomic mass is 32.2. The van der Waals surface area contributed by atoms with Crippen molar-refractivity contribution >= 4 is 21.6 Å². The Labute approximate surface area is 216 Å². The Kier molecular flexibility index (Phi) is 7.55. The van der Waals surface area contributed by atoms with Crippen molar-refractivity contribution in [2.75, 3.05) is 37.7 Å². The minimum Gasteiger partial charge on any atom is -0.378 e. The van der Waals surface area contributed by atoms with E-state index in [1.54, 1.807) is 0 Å². The average Bonchev–Trinajstić information content (AvgIpc) is 3.44. The summed E-state index contributed by atoms with van der Waals surface area (Å²) in [6.45, 7) is 3.81. The molecular weight excluding hydrogens is 493 g/mol. The van der Waals surface area contributed by atoms with E-state index in [2.05, 4.69) is 34.5 Å². The van der Waals surface area contributed by atoms with Crippen LogP contribution in [0.4, 0.5) is 10.1 Å². The van der Waals surface area contributed by atoms with E-state index in [4.69, 9.17) is 4.74 Å². The van der Waals surface area contributed by atoms with Gasteiger partial charge < -0.3 is 15.0 Å². The van der Waals surface area contributed by atoms with Crippen LogP contribution in [0.3, 0.4) is 0 Å². The lowest BCUT2D eigenvalue weighted by Crippen LogP contribution is -2.45. The van der Waals surface area contributed by atoms with Gasteiger partial charge in [-0.2, -0.15) is 4.31 Å². The van der Waals surface area contributed by atoms with Crippen LogP contribution < -0.4 is 10.2 Å². The standard InChI is InChI=1S/C28H30FN3O4S/c29-24-8-12-26(13-9-24)37(34,35)32-14-2-5-27(32)28(33)30-20-21-3-1-4-23(19-21)22-6-10-25(11-7-22)31-15-17-36-18-16-31/h1,3-4,6-13,19,27H,2,5,14-18,20H2,(H,30,33). The quantitative estimate of drug-likeness (QED) is 0.510. The van der Waals surface area contributed by atoms with Crippen molar-refractivity contribution in [1.29, 1.82) is 0 Å². The van der Waals surface area contributed by atoms with Crippen LogP contribution in [0.5, 0.6) is 0 Å². The number of amides is 1. The number of carbonyl (C=O) groups is 1. The Hall–Kier alpha value is -3.27. The highest BCUT2D eigenvalue weighted by molar-refractivity contribution is 7.89. The number of carbonyl (C=O) groups excluding carboxylic acids is 1. The van der Waals surface area contributed by atoms with Crippen LogP contribution in [0.2, 0.25) is 0 Å². The normalized spacial score (nSPS) is 18.6. The van der Waals surface area contributed by atoms with Gasteiger partial charge in [-0.25, -0.2) is 12.8 Å². The first-order valence-corrected chi connectivity index (χ1v) is 13.9. The first-order valence-electron chi connectivity index (χ1n) is 12.5. The second kappa shape index (κ2) is 11.0. The van der Waals surface area contributed by atoms with Crippen molar-refractivity contribution in [2.24, 2.45) is 0 Å². The molecule has 9 heteroatoms. The van der Waals surface area contributed by atoms with Gasteiger partial charge in [0, 0.05) is 31.9 Å². The predicted molar refractivity (Wildman–Crippen MR) is 140 cm³/mol. The fourth-order valence-corrected chi connectivity index (χ4v) is 6.54. The lowest BCUT2D eigenvalue weighted by molar-refractivity contribution is -0.124. The van der Waals surface area contributed by atoms with E-state index in [0.29, 0.717) is 19.4 Å². The van der Waals surface area contributed by atoms with Gasteiger partial charge in [0.25, 0.3) is 0 Å². The number of halogens is 1. The van der Waals surface area contributed by atoms with E-state index in [9.17, 15) is 17.6 Å². The van der Waals surface area contributed by atoms with Crippen LogP contribution in [0.1, 0.15) is 18.4 Å². The van der Waals surface area contributed by atoms with Crippen molar-refractivity contribution in [1.82, 2.24) is 9.62 Å². The molecule has 2 aliphatic rings. The fraction of sp³-hybridized carbons (Fsp3) is 0.321. The van der Waals surface area contributed by atoms with E-state index in [-0.39, 0.29) is 17.3 Å². The lowest BCUT2D eigenvalue weighted by atomic mass is 10.0. The summed E-state index contributed by atoms with van der Waals surface area (Å²) in [5.74, 6) is -0.839. The van der Waals surface area contributed by atoms with Crippen LogP contribution in [0.15, 0.2) is 77.7 Å². The Morgan fingerprint density at radius 2 is 1.68 bits per heavy atom. The van der Waals surface area contributed by atoms with E-state index < -0.39 is 21.9 Å². The number of hydrogen-bond donors (Lipinski definition) is 1. The number of hydrogen-bond acceptors (Lipinski definition) is 5. The topological polar surface area (TPSA) is 79.0 Å². The summed E-state index contributed by atoms with van der Waals surface area (Å²) in [4.78, 5) is 15.3. The third kappa shape index (κ3) is 5.69. The molecule has 0 aromatic heterocycles. The van der Waals surface area contributed by atoms with Gasteiger partial charge in [-0.15, -0.1) is 0 Å². The molecule has 0 spiro atoms. The molecule has 0 bridgehead atoms. The molecule has 3 aromatic carbocycles. The van der Waals surface area contributed by atoms with Gasteiger partial charge in [0.1, 0.15) is 11.9 Å². The molecule has 5 rings (SSSR count). The number of morpholine rings is 1. The summed E-state index contributed by atoms with van der Waals surface area (Å²) in [6.07, 6.45) is 1.04. The van der Waals surface area contributed by atoms with E-state index in [0.717, 1.165) is 55.1 Å². The summed E-state index contributed by atoms with van der Waals surface area (Å²) >= 11 is 0. The predicted octanol–water partition coefficient (Wildman–Crippen LogP) is 3.80. The molecule has 194 valence electrons. The average molecular weight is 524 g/mol. The van der Waals surface area contributed by atoms with Crippen LogP contribution >= 0.6 is 0 Å². The lowest BCUT2D eigenvalue weighted by Gasteiger charge is -2.28. The van der Waals surface area contributed by atoms with Crippen LogP contribution in [0, 0.1) is 5.82 Å². The Morgan fingerprint density at radius 1 is 0.946 bits per heavy atom. The zero-order valence-corrected chi connectivity index (χ0v) is 21.3. The van der Waals surface area contributed by atoms with Crippen molar-refractivity contribution in [2.45, 2.75) is 30.3 Å². The number of nitrogens with one attached hydrogen (secondary N) is 1. The van der Waals surface area contributed by atoms with Gasteiger partial charge in [0.05, 0.1) is 18.1 Å². The maximum Gasteiger partial charge on any atom is 0.243 e. The number of anilines is 1. The first kappa shape index (κ1) is 25.4. The van der Waals surface area contributed by atoms with Gasteiger partial charge in [0.2, 0.25) is 15.9 Å². The first-order chi connectivity index (χ1) is 17.9.